The maximum Gasteiger partial charge on any atom is 0.409 e. The number of ether oxygens (including phenoxy) is 6. The summed E-state index contributed by atoms with van der Waals surface area (Å²) in [4.78, 5) is 83.0. The molecule has 5 N–H and O–H groups in total. The van der Waals surface area contributed by atoms with Gasteiger partial charge in [-0.3, -0.25) is 19.7 Å². The Hall–Kier alpha value is -4.60. The molecule has 0 aliphatic carbocycles. The van der Waals surface area contributed by atoms with Crippen LogP contribution in [0.15, 0.2) is 35.9 Å². The summed E-state index contributed by atoms with van der Waals surface area (Å²) in [7, 11) is 7.48. The Balaban J connectivity index is 1.49. The normalized spacial score (nSPS) is 27.0. The van der Waals surface area contributed by atoms with Crippen molar-refractivity contribution >= 4 is 64.9 Å². The van der Waals surface area contributed by atoms with E-state index < -0.39 is 82.1 Å². The van der Waals surface area contributed by atoms with Crippen LogP contribution in [0, 0.1) is 5.92 Å². The van der Waals surface area contributed by atoms with Gasteiger partial charge in [0.05, 0.1) is 36.7 Å². The molecular formula is C48H73ClN6O13S. The van der Waals surface area contributed by atoms with E-state index in [1.54, 1.807) is 45.2 Å². The monoisotopic (exact) mass is 1010 g/mol. The average Bonchev–Trinajstić information content (AvgIpc) is 3.98. The van der Waals surface area contributed by atoms with Gasteiger partial charge in [-0.05, 0) is 71.6 Å². The van der Waals surface area contributed by atoms with Gasteiger partial charge in [-0.1, -0.05) is 56.2 Å². The van der Waals surface area contributed by atoms with Gasteiger partial charge in [-0.25, -0.2) is 14.4 Å². The number of primary amides is 1. The fourth-order valence-electron chi connectivity index (χ4n) is 8.10. The molecule has 21 heteroatoms. The topological polar surface area (TPSA) is 241 Å². The van der Waals surface area contributed by atoms with Crippen LogP contribution in [0.3, 0.4) is 0 Å². The molecule has 8 atom stereocenters. The summed E-state index contributed by atoms with van der Waals surface area (Å²) in [5, 5.41) is 17.4. The summed E-state index contributed by atoms with van der Waals surface area (Å²) in [6.07, 6.45) is 1.51. The predicted octanol–water partition coefficient (Wildman–Crippen LogP) is 5.08. The first-order valence-corrected chi connectivity index (χ1v) is 24.3. The number of hydrogen-bond donors (Lipinski definition) is 4. The smallest absolute Gasteiger partial charge is 0.409 e. The van der Waals surface area contributed by atoms with Gasteiger partial charge < -0.3 is 59.3 Å². The van der Waals surface area contributed by atoms with E-state index in [4.69, 9.17) is 45.8 Å². The number of anilines is 1. The van der Waals surface area contributed by atoms with Crippen LogP contribution in [0.25, 0.3) is 0 Å². The van der Waals surface area contributed by atoms with Gasteiger partial charge in [0.15, 0.2) is 5.72 Å². The Morgan fingerprint density at radius 2 is 1.83 bits per heavy atom. The second kappa shape index (κ2) is 23.5. The molecule has 1 aromatic carbocycles. The van der Waals surface area contributed by atoms with Crippen LogP contribution in [-0.4, -0.2) is 157 Å². The first-order valence-electron chi connectivity index (χ1n) is 23.0. The number of halogens is 1. The van der Waals surface area contributed by atoms with Gasteiger partial charge in [0, 0.05) is 58.3 Å². The van der Waals surface area contributed by atoms with E-state index in [0.717, 1.165) is 11.1 Å². The number of nitrogens with two attached hydrogens (primary N) is 1. The predicted molar refractivity (Wildman–Crippen MR) is 262 cm³/mol. The number of fused-ring (bicyclic) bond motifs is 5. The molecule has 0 spiro atoms. The molecule has 3 aliphatic heterocycles. The molecule has 0 unspecified atom stereocenters. The van der Waals surface area contributed by atoms with E-state index in [-0.39, 0.29) is 48.6 Å². The first kappa shape index (κ1) is 57.0. The number of urea groups is 1. The van der Waals surface area contributed by atoms with Crippen molar-refractivity contribution in [3.63, 3.8) is 0 Å². The third-order valence-corrected chi connectivity index (χ3v) is 14.9. The number of nitrogens with one attached hydrogen (secondary N) is 2. The number of carbonyl (C=O) groups is 6. The number of benzene rings is 1. The van der Waals surface area contributed by atoms with Crippen LogP contribution in [0.4, 0.5) is 15.3 Å². The number of alkyl carbamates (subject to hydrolysis) is 1. The standard InChI is InChI=1S/C48H73ClN6O13S/c1-28-15-14-16-35(64-13)48(62)25-34(66-44(61)52-48)29(2)41-47(8,68-41)36(24-39(58)55(11)32-22-31(21-28)23-33(63-12)40(32)49)67-42(59)30(3)54(10)38(57)17-18-46(6,7)69-26-37(56)51-20-19-45(4,5)65-27-53(9)43(50)60/h14-16,22-23,29-30,34-36,41,62H,17-21,24-27H2,1-13H3,(H2,50,60)(H,51,56)(H,52,61)/b16-14+,28-15+/t29-,30+,34+,35-,36+,41+,47+,48+/m1/s1. The lowest BCUT2D eigenvalue weighted by Gasteiger charge is -2.42. The van der Waals surface area contributed by atoms with Gasteiger partial charge >= 0.3 is 18.1 Å². The number of rotatable bonds is 17. The highest BCUT2D eigenvalue weighted by atomic mass is 35.5. The molecule has 3 aliphatic rings. The molecule has 6 amide bonds. The Kier molecular flexibility index (Phi) is 19.4. The number of nitrogens with zero attached hydrogens (tertiary/aromatic N) is 3. The number of amides is 6. The molecule has 0 saturated carbocycles. The summed E-state index contributed by atoms with van der Waals surface area (Å²) in [5.41, 5.74) is 3.54. The molecule has 1 aromatic rings. The second-order valence-corrected chi connectivity index (χ2v) is 21.7. The van der Waals surface area contributed by atoms with E-state index in [2.05, 4.69) is 10.6 Å². The summed E-state index contributed by atoms with van der Waals surface area (Å²) in [6, 6.07) is 1.86. The lowest BCUT2D eigenvalue weighted by Crippen LogP contribution is -2.63. The minimum absolute atomic E-state index is 0.0185. The number of aliphatic hydroxyl groups is 1. The molecular weight excluding hydrogens is 936 g/mol. The van der Waals surface area contributed by atoms with E-state index in [0.29, 0.717) is 37.2 Å². The van der Waals surface area contributed by atoms with E-state index in [1.807, 2.05) is 40.7 Å². The lowest BCUT2D eigenvalue weighted by molar-refractivity contribution is -0.162. The van der Waals surface area contributed by atoms with Crippen molar-refractivity contribution in [2.75, 3.05) is 59.3 Å². The lowest BCUT2D eigenvalue weighted by atomic mass is 9.83. The molecule has 69 heavy (non-hydrogen) atoms. The van der Waals surface area contributed by atoms with Gasteiger partial charge in [0.25, 0.3) is 0 Å². The van der Waals surface area contributed by atoms with Crippen molar-refractivity contribution < 1.29 is 62.3 Å². The van der Waals surface area contributed by atoms with Gasteiger partial charge in [-0.15, -0.1) is 11.8 Å². The van der Waals surface area contributed by atoms with Crippen molar-refractivity contribution in [3.8, 4) is 5.75 Å². The van der Waals surface area contributed by atoms with E-state index in [9.17, 15) is 33.9 Å². The van der Waals surface area contributed by atoms with Crippen LogP contribution < -0.4 is 26.0 Å². The van der Waals surface area contributed by atoms with E-state index in [1.165, 1.54) is 61.7 Å². The quantitative estimate of drug-likeness (QED) is 0.0905. The number of esters is 1. The van der Waals surface area contributed by atoms with Crippen molar-refractivity contribution in [3.05, 3.63) is 46.5 Å². The number of epoxide rings is 1. The third-order valence-electron chi connectivity index (χ3n) is 13.1. The summed E-state index contributed by atoms with van der Waals surface area (Å²) in [6.45, 7) is 14.9. The Morgan fingerprint density at radius 3 is 2.46 bits per heavy atom. The third kappa shape index (κ3) is 15.2. The Labute approximate surface area is 415 Å². The Bertz CT molecular complexity index is 2120. The molecule has 2 fully saturated rings. The zero-order valence-electron chi connectivity index (χ0n) is 42.3. The molecule has 0 aromatic heterocycles. The van der Waals surface area contributed by atoms with Gasteiger partial charge in [0.2, 0.25) is 17.7 Å². The van der Waals surface area contributed by atoms with Crippen LogP contribution >= 0.6 is 23.4 Å². The number of hydrogen-bond acceptors (Lipinski definition) is 14. The zero-order chi connectivity index (χ0) is 51.8. The molecule has 3 heterocycles. The second-order valence-electron chi connectivity index (χ2n) is 19.6. The molecule has 386 valence electrons. The highest BCUT2D eigenvalue weighted by Crippen LogP contribution is 2.49. The van der Waals surface area contributed by atoms with Crippen LogP contribution in [0.1, 0.15) is 93.1 Å². The van der Waals surface area contributed by atoms with Crippen molar-refractivity contribution in [2.24, 2.45) is 11.7 Å². The number of carbonyl (C=O) groups excluding carboxylic acids is 6. The summed E-state index contributed by atoms with van der Waals surface area (Å²) < 4.78 is 34.7. The number of allylic oxidation sites excluding steroid dienone is 3. The summed E-state index contributed by atoms with van der Waals surface area (Å²) >= 11 is 8.21. The number of likely N-dealkylation sites (N-methyl/N-ethyl adjacent to an activating group) is 1. The highest BCUT2D eigenvalue weighted by Gasteiger charge is 2.64. The Morgan fingerprint density at radius 1 is 1.14 bits per heavy atom. The summed E-state index contributed by atoms with van der Waals surface area (Å²) in [5.74, 6) is -1.86. The van der Waals surface area contributed by atoms with Crippen molar-refractivity contribution in [1.29, 1.82) is 0 Å². The van der Waals surface area contributed by atoms with Crippen LogP contribution in [-0.2, 0) is 49.3 Å². The van der Waals surface area contributed by atoms with Crippen molar-refractivity contribution in [1.82, 2.24) is 20.4 Å². The maximum absolute atomic E-state index is 14.3. The highest BCUT2D eigenvalue weighted by molar-refractivity contribution is 8.01. The van der Waals surface area contributed by atoms with Crippen LogP contribution in [0.5, 0.6) is 5.75 Å². The SMILES string of the molecule is COc1cc2cc(c1Cl)N(C)C(=O)C[C@H](OC(=O)[C@H](C)N(C)C(=O)CCC(C)(C)SCC(=O)NCCC(C)(C)OCN(C)C(N)=O)[C@]1(C)O[C@H]1[C@H](C)[C@@H]1C[C@@](O)(NC(=O)O1)[C@H](OC)/C=C/C=C(\C)C2. The van der Waals surface area contributed by atoms with Gasteiger partial charge in [-0.2, -0.15) is 0 Å². The molecule has 4 bridgehead atoms. The van der Waals surface area contributed by atoms with Gasteiger partial charge in [0.1, 0.15) is 47.5 Å². The minimum Gasteiger partial charge on any atom is -0.495 e. The average molecular weight is 1010 g/mol. The van der Waals surface area contributed by atoms with E-state index >= 15 is 0 Å². The number of thioether (sulfide) groups is 1. The maximum atomic E-state index is 14.3. The largest absolute Gasteiger partial charge is 0.495 e. The zero-order valence-corrected chi connectivity index (χ0v) is 43.8. The number of methoxy groups -OCH3 is 2. The molecule has 0 radical (unpaired) electrons. The fourth-order valence-corrected chi connectivity index (χ4v) is 9.28. The molecule has 4 rings (SSSR count). The first-order chi connectivity index (χ1) is 32.1. The van der Waals surface area contributed by atoms with Crippen molar-refractivity contribution in [2.45, 2.75) is 146 Å². The minimum atomic E-state index is -1.87. The van der Waals surface area contributed by atoms with Crippen LogP contribution in [0.2, 0.25) is 5.02 Å². The fraction of sp³-hybridized carbons (Fsp3) is 0.667. The molecule has 2 saturated heterocycles. The molecule has 19 nitrogen and oxygen atoms in total.